The normalized spacial score (nSPS) is 10.9. The maximum absolute atomic E-state index is 14.4. The number of carbonyl (C=O) groups is 2. The van der Waals surface area contributed by atoms with Crippen LogP contribution in [-0.2, 0) is 22.6 Å². The number of rotatable bonds is 8. The molecule has 2 aromatic rings. The van der Waals surface area contributed by atoms with Crippen LogP contribution in [0.15, 0.2) is 42.6 Å². The first-order valence-corrected chi connectivity index (χ1v) is 9.72. The van der Waals surface area contributed by atoms with E-state index in [1.165, 1.54) is 12.3 Å². The number of nitrogens with zero attached hydrogens (tertiary/aromatic N) is 2. The minimum Gasteiger partial charge on any atom is -0.445 e. The van der Waals surface area contributed by atoms with Gasteiger partial charge in [-0.2, -0.15) is 0 Å². The lowest BCUT2D eigenvalue weighted by molar-refractivity contribution is 0.0529. The van der Waals surface area contributed by atoms with Gasteiger partial charge in [0.25, 0.3) is 0 Å². The van der Waals surface area contributed by atoms with Gasteiger partial charge >= 0.3 is 12.2 Å². The summed E-state index contributed by atoms with van der Waals surface area (Å²) in [7, 11) is 0. The monoisotopic (exact) mass is 433 g/mol. The van der Waals surface area contributed by atoms with E-state index in [0.29, 0.717) is 5.56 Å². The molecular formula is C21H28FN5O4. The van der Waals surface area contributed by atoms with Gasteiger partial charge < -0.3 is 20.1 Å². The zero-order valence-electron chi connectivity index (χ0n) is 17.9. The number of anilines is 1. The molecule has 0 fully saturated rings. The van der Waals surface area contributed by atoms with E-state index in [1.807, 2.05) is 30.3 Å². The molecule has 0 aliphatic carbocycles. The number of pyridine rings is 1. The topological polar surface area (TPSA) is 119 Å². The summed E-state index contributed by atoms with van der Waals surface area (Å²) < 4.78 is 24.6. The van der Waals surface area contributed by atoms with Gasteiger partial charge in [0, 0.05) is 19.3 Å². The summed E-state index contributed by atoms with van der Waals surface area (Å²) in [6.07, 6.45) is 0.189. The van der Waals surface area contributed by atoms with Crippen LogP contribution in [0.2, 0.25) is 0 Å². The Morgan fingerprint density at radius 1 is 1.13 bits per heavy atom. The molecule has 0 radical (unpaired) electrons. The van der Waals surface area contributed by atoms with Crippen molar-refractivity contribution in [3.63, 3.8) is 0 Å². The molecule has 0 saturated heterocycles. The Bertz CT molecular complexity index is 874. The molecule has 4 N–H and O–H groups in total. The third-order valence-electron chi connectivity index (χ3n) is 3.82. The summed E-state index contributed by atoms with van der Waals surface area (Å²) >= 11 is 0. The number of aromatic nitrogens is 1. The van der Waals surface area contributed by atoms with Crippen molar-refractivity contribution in [1.29, 1.82) is 0 Å². The van der Waals surface area contributed by atoms with Gasteiger partial charge in [0.1, 0.15) is 12.2 Å². The van der Waals surface area contributed by atoms with Gasteiger partial charge in [-0.25, -0.2) is 24.8 Å². The molecule has 0 aliphatic rings. The summed E-state index contributed by atoms with van der Waals surface area (Å²) in [6, 6.07) is 10.5. The molecule has 1 heterocycles. The van der Waals surface area contributed by atoms with E-state index < -0.39 is 23.6 Å². The summed E-state index contributed by atoms with van der Waals surface area (Å²) in [4.78, 5) is 27.4. The van der Waals surface area contributed by atoms with Gasteiger partial charge in [-0.1, -0.05) is 30.3 Å². The van der Waals surface area contributed by atoms with Gasteiger partial charge in [-0.15, -0.1) is 0 Å². The van der Waals surface area contributed by atoms with Crippen LogP contribution in [0.25, 0.3) is 0 Å². The number of nitrogens with two attached hydrogens (primary N) is 1. The van der Waals surface area contributed by atoms with Crippen LogP contribution >= 0.6 is 0 Å². The molecule has 0 bridgehead atoms. The van der Waals surface area contributed by atoms with Crippen LogP contribution in [0.5, 0.6) is 0 Å². The van der Waals surface area contributed by atoms with Crippen LogP contribution < -0.4 is 21.5 Å². The number of carbonyl (C=O) groups excluding carboxylic acids is 2. The molecule has 1 aromatic carbocycles. The van der Waals surface area contributed by atoms with Crippen molar-refractivity contribution in [2.45, 2.75) is 39.5 Å². The Hall–Kier alpha value is -3.40. The molecule has 0 saturated carbocycles. The second-order valence-electron chi connectivity index (χ2n) is 7.69. The standard InChI is InChI=1S/C21H28FN5O4/c1-21(2,3)31-20(29)24-9-10-27(23)18-17(22)11-16(12-25-18)13-26-19(28)30-14-15-7-5-4-6-8-15/h4-8,11-12H,9-10,13-14,23H2,1-3H3,(H,24,29)(H,26,28). The Labute approximate surface area is 180 Å². The minimum atomic E-state index is -0.656. The number of hydrogen-bond acceptors (Lipinski definition) is 7. The maximum atomic E-state index is 14.4. The first-order chi connectivity index (χ1) is 14.6. The summed E-state index contributed by atoms with van der Waals surface area (Å²) in [5.41, 5.74) is 0.690. The SMILES string of the molecule is CC(C)(C)OC(=O)NCCN(N)c1ncc(CNC(=O)OCc2ccccc2)cc1F. The molecular weight excluding hydrogens is 405 g/mol. The van der Waals surface area contributed by atoms with E-state index in [4.69, 9.17) is 15.3 Å². The van der Waals surface area contributed by atoms with Gasteiger partial charge in [0.2, 0.25) is 0 Å². The zero-order valence-corrected chi connectivity index (χ0v) is 17.9. The predicted molar refractivity (Wildman–Crippen MR) is 113 cm³/mol. The van der Waals surface area contributed by atoms with Crippen LogP contribution in [0.3, 0.4) is 0 Å². The molecule has 0 aliphatic heterocycles. The van der Waals surface area contributed by atoms with E-state index in [2.05, 4.69) is 15.6 Å². The summed E-state index contributed by atoms with van der Waals surface area (Å²) in [5.74, 6) is 5.09. The third-order valence-corrected chi connectivity index (χ3v) is 3.82. The highest BCUT2D eigenvalue weighted by Gasteiger charge is 2.16. The number of benzene rings is 1. The zero-order chi connectivity index (χ0) is 22.9. The second-order valence-corrected chi connectivity index (χ2v) is 7.69. The molecule has 0 unspecified atom stereocenters. The van der Waals surface area contributed by atoms with Crippen molar-refractivity contribution in [3.8, 4) is 0 Å². The van der Waals surface area contributed by atoms with Crippen LogP contribution in [0.4, 0.5) is 19.8 Å². The molecule has 31 heavy (non-hydrogen) atoms. The number of hydrazine groups is 1. The van der Waals surface area contributed by atoms with E-state index in [1.54, 1.807) is 20.8 Å². The lowest BCUT2D eigenvalue weighted by Gasteiger charge is -2.21. The number of alkyl carbamates (subject to hydrolysis) is 2. The predicted octanol–water partition coefficient (Wildman–Crippen LogP) is 2.85. The first-order valence-electron chi connectivity index (χ1n) is 9.72. The third kappa shape index (κ3) is 8.87. The van der Waals surface area contributed by atoms with Crippen molar-refractivity contribution < 1.29 is 23.5 Å². The lowest BCUT2D eigenvalue weighted by Crippen LogP contribution is -2.41. The first kappa shape index (κ1) is 23.9. The summed E-state index contributed by atoms with van der Waals surface area (Å²) in [6.45, 7) is 5.69. The molecule has 1 aromatic heterocycles. The van der Waals surface area contributed by atoms with Crippen molar-refractivity contribution in [2.24, 2.45) is 5.84 Å². The highest BCUT2D eigenvalue weighted by Crippen LogP contribution is 2.14. The fourth-order valence-electron chi connectivity index (χ4n) is 2.43. The number of halogens is 1. The van der Waals surface area contributed by atoms with Crippen LogP contribution in [-0.4, -0.2) is 35.9 Å². The number of ether oxygens (including phenoxy) is 2. The van der Waals surface area contributed by atoms with E-state index >= 15 is 0 Å². The highest BCUT2D eigenvalue weighted by atomic mass is 19.1. The number of hydrogen-bond donors (Lipinski definition) is 3. The molecule has 10 heteroatoms. The molecule has 2 amide bonds. The van der Waals surface area contributed by atoms with E-state index in [9.17, 15) is 14.0 Å². The molecule has 0 atom stereocenters. The van der Waals surface area contributed by atoms with E-state index in [0.717, 1.165) is 10.6 Å². The fourth-order valence-corrected chi connectivity index (χ4v) is 2.43. The number of nitrogens with one attached hydrogen (secondary N) is 2. The largest absolute Gasteiger partial charge is 0.445 e. The fraction of sp³-hybridized carbons (Fsp3) is 0.381. The highest BCUT2D eigenvalue weighted by molar-refractivity contribution is 5.68. The van der Waals surface area contributed by atoms with Crippen molar-refractivity contribution in [1.82, 2.24) is 15.6 Å². The smallest absolute Gasteiger partial charge is 0.407 e. The average Bonchev–Trinajstić information content (AvgIpc) is 2.70. The average molecular weight is 433 g/mol. The van der Waals surface area contributed by atoms with Crippen molar-refractivity contribution in [3.05, 3.63) is 59.5 Å². The quantitative estimate of drug-likeness (QED) is 0.433. The Morgan fingerprint density at radius 3 is 2.48 bits per heavy atom. The molecule has 168 valence electrons. The van der Waals surface area contributed by atoms with Crippen molar-refractivity contribution in [2.75, 3.05) is 18.1 Å². The van der Waals surface area contributed by atoms with Gasteiger partial charge in [-0.3, -0.25) is 5.01 Å². The minimum absolute atomic E-state index is 0.0442. The van der Waals surface area contributed by atoms with E-state index in [-0.39, 0.29) is 32.1 Å². The van der Waals surface area contributed by atoms with Gasteiger partial charge in [-0.05, 0) is 38.0 Å². The Balaban J connectivity index is 1.77. The molecule has 9 nitrogen and oxygen atoms in total. The summed E-state index contributed by atoms with van der Waals surface area (Å²) in [5, 5.41) is 6.15. The van der Waals surface area contributed by atoms with Gasteiger partial charge in [0.05, 0.1) is 6.54 Å². The second kappa shape index (κ2) is 11.1. The molecule has 0 spiro atoms. The Kier molecular flexibility index (Phi) is 8.56. The lowest BCUT2D eigenvalue weighted by atomic mass is 10.2. The maximum Gasteiger partial charge on any atom is 0.407 e. The van der Waals surface area contributed by atoms with Crippen molar-refractivity contribution >= 4 is 18.0 Å². The number of amides is 2. The van der Waals surface area contributed by atoms with Crippen LogP contribution in [0, 0.1) is 5.82 Å². The van der Waals surface area contributed by atoms with Gasteiger partial charge in [0.15, 0.2) is 11.6 Å². The Morgan fingerprint density at radius 2 is 1.84 bits per heavy atom. The molecule has 2 rings (SSSR count). The van der Waals surface area contributed by atoms with Crippen LogP contribution in [0.1, 0.15) is 31.9 Å².